The predicted molar refractivity (Wildman–Crippen MR) is 75.9 cm³/mol. The molecule has 0 N–H and O–H groups in total. The zero-order valence-corrected chi connectivity index (χ0v) is 13.3. The van der Waals surface area contributed by atoms with Gasteiger partial charge in [-0.15, -0.1) is 0 Å². The van der Waals surface area contributed by atoms with Gasteiger partial charge in [0, 0.05) is 18.7 Å². The molecule has 2 rings (SSSR count). The van der Waals surface area contributed by atoms with E-state index < -0.39 is 8.32 Å². The molecule has 0 radical (unpaired) electrons. The summed E-state index contributed by atoms with van der Waals surface area (Å²) in [5.74, 6) is 0. The molecule has 0 bridgehead atoms. The Kier molecular flexibility index (Phi) is 3.73. The molecule has 2 aliphatic heterocycles. The van der Waals surface area contributed by atoms with Gasteiger partial charge in [0.15, 0.2) is 8.32 Å². The van der Waals surface area contributed by atoms with Crippen LogP contribution in [0, 0.1) is 0 Å². The molecule has 100 valence electrons. The van der Waals surface area contributed by atoms with Gasteiger partial charge in [-0.2, -0.15) is 0 Å². The number of nitrogens with zero attached hydrogens (tertiary/aromatic N) is 1. The Morgan fingerprint density at radius 1 is 1.18 bits per heavy atom. The van der Waals surface area contributed by atoms with Crippen LogP contribution in [-0.2, 0) is 4.43 Å². The third-order valence-electron chi connectivity index (χ3n) is 5.17. The van der Waals surface area contributed by atoms with Gasteiger partial charge in [-0.05, 0) is 50.4 Å². The minimum Gasteiger partial charge on any atom is -0.415 e. The third-order valence-corrected chi connectivity index (χ3v) is 9.67. The summed E-state index contributed by atoms with van der Waals surface area (Å²) in [7, 11) is -1.54. The highest BCUT2D eigenvalue weighted by Gasteiger charge is 2.41. The van der Waals surface area contributed by atoms with Gasteiger partial charge in [0.2, 0.25) is 0 Å². The first-order valence-electron chi connectivity index (χ1n) is 7.21. The van der Waals surface area contributed by atoms with Crippen molar-refractivity contribution in [3.63, 3.8) is 0 Å². The summed E-state index contributed by atoms with van der Waals surface area (Å²) >= 11 is 0. The molecule has 2 fully saturated rings. The van der Waals surface area contributed by atoms with E-state index in [-0.39, 0.29) is 0 Å². The smallest absolute Gasteiger partial charge is 0.192 e. The van der Waals surface area contributed by atoms with Crippen LogP contribution in [0.1, 0.15) is 46.5 Å². The lowest BCUT2D eigenvalue weighted by Gasteiger charge is -2.38. The molecule has 2 atom stereocenters. The molecule has 2 saturated heterocycles. The number of fused-ring (bicyclic) bond motifs is 1. The minimum atomic E-state index is -1.54. The standard InChI is InChI=1S/C14H29NOSi/c1-14(2,3)17(4,5)16-11-13-9-8-12-7-6-10-15(12)13/h12-13H,6-11H2,1-5H3/t12-,13+/m1/s1. The fraction of sp³-hybridized carbons (Fsp3) is 1.00. The minimum absolute atomic E-state index is 0.343. The number of rotatable bonds is 3. The molecule has 2 nitrogen and oxygen atoms in total. The highest BCUT2D eigenvalue weighted by Crippen LogP contribution is 2.38. The second kappa shape index (κ2) is 4.67. The summed E-state index contributed by atoms with van der Waals surface area (Å²) in [6, 6.07) is 1.61. The molecule has 0 saturated carbocycles. The Balaban J connectivity index is 1.86. The summed E-state index contributed by atoms with van der Waals surface area (Å²) in [4.78, 5) is 2.72. The lowest BCUT2D eigenvalue weighted by Crippen LogP contribution is -2.45. The summed E-state index contributed by atoms with van der Waals surface area (Å²) in [6.45, 7) is 14.0. The molecule has 2 heterocycles. The lowest BCUT2D eigenvalue weighted by molar-refractivity contribution is 0.159. The molecule has 0 spiro atoms. The molecular weight excluding hydrogens is 226 g/mol. The van der Waals surface area contributed by atoms with Gasteiger partial charge in [-0.3, -0.25) is 4.90 Å². The second-order valence-corrected chi connectivity index (χ2v) is 12.1. The zero-order chi connectivity index (χ0) is 12.7. The van der Waals surface area contributed by atoms with Gasteiger partial charge in [0.25, 0.3) is 0 Å². The van der Waals surface area contributed by atoms with Crippen molar-refractivity contribution in [2.24, 2.45) is 0 Å². The van der Waals surface area contributed by atoms with Crippen molar-refractivity contribution in [3.05, 3.63) is 0 Å². The van der Waals surface area contributed by atoms with E-state index >= 15 is 0 Å². The van der Waals surface area contributed by atoms with Crippen molar-refractivity contribution in [1.82, 2.24) is 4.90 Å². The fourth-order valence-corrected chi connectivity index (χ4v) is 3.94. The SMILES string of the molecule is CC(C)(C)[Si](C)(C)OC[C@@H]1CC[C@H]2CCCN21. The predicted octanol–water partition coefficient (Wildman–Crippen LogP) is 3.64. The largest absolute Gasteiger partial charge is 0.415 e. The van der Waals surface area contributed by atoms with Crippen molar-refractivity contribution in [3.8, 4) is 0 Å². The quantitative estimate of drug-likeness (QED) is 0.714. The maximum Gasteiger partial charge on any atom is 0.192 e. The van der Waals surface area contributed by atoms with Gasteiger partial charge in [0.05, 0.1) is 0 Å². The topological polar surface area (TPSA) is 12.5 Å². The van der Waals surface area contributed by atoms with Gasteiger partial charge in [-0.1, -0.05) is 20.8 Å². The first kappa shape index (κ1) is 13.6. The van der Waals surface area contributed by atoms with Crippen molar-refractivity contribution in [2.45, 2.75) is 76.7 Å². The maximum absolute atomic E-state index is 6.38. The van der Waals surface area contributed by atoms with E-state index in [2.05, 4.69) is 38.8 Å². The second-order valence-electron chi connectivity index (χ2n) is 7.34. The van der Waals surface area contributed by atoms with Crippen LogP contribution in [0.5, 0.6) is 0 Å². The third kappa shape index (κ3) is 2.77. The van der Waals surface area contributed by atoms with Crippen molar-refractivity contribution >= 4 is 8.32 Å². The van der Waals surface area contributed by atoms with Crippen LogP contribution in [0.3, 0.4) is 0 Å². The monoisotopic (exact) mass is 255 g/mol. The Labute approximate surface area is 108 Å². The van der Waals surface area contributed by atoms with Crippen LogP contribution in [0.4, 0.5) is 0 Å². The van der Waals surface area contributed by atoms with Gasteiger partial charge in [-0.25, -0.2) is 0 Å². The van der Waals surface area contributed by atoms with Crippen LogP contribution in [0.2, 0.25) is 18.1 Å². The van der Waals surface area contributed by atoms with Gasteiger partial charge >= 0.3 is 0 Å². The van der Waals surface area contributed by atoms with Crippen LogP contribution in [-0.4, -0.2) is 38.5 Å². The van der Waals surface area contributed by atoms with Crippen LogP contribution >= 0.6 is 0 Å². The van der Waals surface area contributed by atoms with E-state index in [0.29, 0.717) is 5.04 Å². The summed E-state index contributed by atoms with van der Waals surface area (Å²) < 4.78 is 6.38. The Morgan fingerprint density at radius 3 is 2.53 bits per heavy atom. The summed E-state index contributed by atoms with van der Waals surface area (Å²) in [5.41, 5.74) is 0. The summed E-state index contributed by atoms with van der Waals surface area (Å²) in [5, 5.41) is 0.343. The van der Waals surface area contributed by atoms with Crippen LogP contribution < -0.4 is 0 Å². The highest BCUT2D eigenvalue weighted by atomic mass is 28.4. The molecular formula is C14H29NOSi. The van der Waals surface area contributed by atoms with E-state index in [0.717, 1.165) is 18.7 Å². The molecule has 0 unspecified atom stereocenters. The molecule has 2 aliphatic rings. The van der Waals surface area contributed by atoms with Crippen LogP contribution in [0.15, 0.2) is 0 Å². The highest BCUT2D eigenvalue weighted by molar-refractivity contribution is 6.74. The zero-order valence-electron chi connectivity index (χ0n) is 12.3. The Bertz CT molecular complexity index is 272. The van der Waals surface area contributed by atoms with E-state index in [1.165, 1.54) is 32.2 Å². The van der Waals surface area contributed by atoms with E-state index in [4.69, 9.17) is 4.43 Å². The normalized spacial score (nSPS) is 30.9. The van der Waals surface area contributed by atoms with Gasteiger partial charge in [0.1, 0.15) is 0 Å². The van der Waals surface area contributed by atoms with E-state index in [1.807, 2.05) is 0 Å². The number of hydrogen-bond donors (Lipinski definition) is 0. The molecule has 0 aromatic carbocycles. The summed E-state index contributed by atoms with van der Waals surface area (Å²) in [6.07, 6.45) is 5.60. The molecule has 0 aromatic rings. The average Bonchev–Trinajstić information content (AvgIpc) is 2.74. The Hall–Kier alpha value is 0.137. The van der Waals surface area contributed by atoms with Gasteiger partial charge < -0.3 is 4.43 Å². The van der Waals surface area contributed by atoms with Crippen molar-refractivity contribution < 1.29 is 4.43 Å². The number of hydrogen-bond acceptors (Lipinski definition) is 2. The Morgan fingerprint density at radius 2 is 1.88 bits per heavy atom. The molecule has 0 amide bonds. The molecule has 0 aromatic heterocycles. The first-order chi connectivity index (χ1) is 7.81. The maximum atomic E-state index is 6.38. The average molecular weight is 255 g/mol. The fourth-order valence-electron chi connectivity index (χ4n) is 2.90. The first-order valence-corrected chi connectivity index (χ1v) is 10.1. The lowest BCUT2D eigenvalue weighted by atomic mass is 10.1. The molecule has 17 heavy (non-hydrogen) atoms. The van der Waals surface area contributed by atoms with Crippen molar-refractivity contribution in [2.75, 3.05) is 13.2 Å². The van der Waals surface area contributed by atoms with Crippen LogP contribution in [0.25, 0.3) is 0 Å². The van der Waals surface area contributed by atoms with E-state index in [9.17, 15) is 0 Å². The molecule has 0 aliphatic carbocycles. The van der Waals surface area contributed by atoms with E-state index in [1.54, 1.807) is 0 Å². The van der Waals surface area contributed by atoms with Crippen molar-refractivity contribution in [1.29, 1.82) is 0 Å². The molecule has 3 heteroatoms.